The summed E-state index contributed by atoms with van der Waals surface area (Å²) < 4.78 is 2.01. The lowest BCUT2D eigenvalue weighted by molar-refractivity contribution is 0.719. The van der Waals surface area contributed by atoms with E-state index in [9.17, 15) is 0 Å². The SMILES string of the molecule is C1=CN(c2ccccc2)n2c(nnc2-c2ccncc2)S1. The van der Waals surface area contributed by atoms with Gasteiger partial charge < -0.3 is 0 Å². The van der Waals surface area contributed by atoms with Crippen LogP contribution in [0.4, 0.5) is 5.69 Å². The molecule has 102 valence electrons. The quantitative estimate of drug-likeness (QED) is 0.726. The van der Waals surface area contributed by atoms with Crippen LogP contribution >= 0.6 is 11.8 Å². The summed E-state index contributed by atoms with van der Waals surface area (Å²) in [6.07, 6.45) is 5.53. The van der Waals surface area contributed by atoms with Gasteiger partial charge in [0.15, 0.2) is 5.82 Å². The summed E-state index contributed by atoms with van der Waals surface area (Å²) in [5.41, 5.74) is 2.05. The van der Waals surface area contributed by atoms with Crippen molar-refractivity contribution in [2.45, 2.75) is 5.16 Å². The smallest absolute Gasteiger partial charge is 0.215 e. The lowest BCUT2D eigenvalue weighted by Gasteiger charge is -2.26. The predicted molar refractivity (Wildman–Crippen MR) is 82.6 cm³/mol. The summed E-state index contributed by atoms with van der Waals surface area (Å²) >= 11 is 1.55. The van der Waals surface area contributed by atoms with E-state index in [1.165, 1.54) is 0 Å². The Morgan fingerprint density at radius 1 is 0.905 bits per heavy atom. The number of benzene rings is 1. The minimum Gasteiger partial charge on any atom is -0.265 e. The van der Waals surface area contributed by atoms with E-state index in [0.717, 1.165) is 22.2 Å². The van der Waals surface area contributed by atoms with Gasteiger partial charge in [-0.3, -0.25) is 9.99 Å². The Morgan fingerprint density at radius 3 is 2.52 bits per heavy atom. The maximum absolute atomic E-state index is 4.33. The molecule has 0 aliphatic carbocycles. The van der Waals surface area contributed by atoms with E-state index in [1.807, 2.05) is 51.6 Å². The van der Waals surface area contributed by atoms with Gasteiger partial charge in [0.05, 0.1) is 5.69 Å². The van der Waals surface area contributed by atoms with Gasteiger partial charge in [0.2, 0.25) is 5.16 Å². The minimum absolute atomic E-state index is 0.799. The van der Waals surface area contributed by atoms with E-state index in [1.54, 1.807) is 24.2 Å². The van der Waals surface area contributed by atoms with Crippen LogP contribution in [0.25, 0.3) is 11.4 Å². The molecule has 0 unspecified atom stereocenters. The third-order valence-electron chi connectivity index (χ3n) is 3.16. The fourth-order valence-electron chi connectivity index (χ4n) is 2.21. The van der Waals surface area contributed by atoms with Crippen molar-refractivity contribution in [2.75, 3.05) is 5.01 Å². The Bertz CT molecular complexity index is 782. The first kappa shape index (κ1) is 12.2. The van der Waals surface area contributed by atoms with Crippen molar-refractivity contribution in [2.24, 2.45) is 0 Å². The van der Waals surface area contributed by atoms with Crippen molar-refractivity contribution >= 4 is 17.4 Å². The van der Waals surface area contributed by atoms with Crippen LogP contribution in [0.5, 0.6) is 0 Å². The van der Waals surface area contributed by atoms with Crippen molar-refractivity contribution in [3.63, 3.8) is 0 Å². The molecule has 0 saturated carbocycles. The average molecular weight is 293 g/mol. The van der Waals surface area contributed by atoms with Gasteiger partial charge in [-0.05, 0) is 29.7 Å². The van der Waals surface area contributed by atoms with Crippen LogP contribution in [-0.4, -0.2) is 19.9 Å². The number of hydrogen-bond donors (Lipinski definition) is 0. The number of para-hydroxylation sites is 1. The number of anilines is 1. The summed E-state index contributed by atoms with van der Waals surface area (Å²) in [5.74, 6) is 0.799. The Hall–Kier alpha value is -2.60. The summed E-state index contributed by atoms with van der Waals surface area (Å²) in [6, 6.07) is 14.0. The van der Waals surface area contributed by atoms with Gasteiger partial charge in [0.1, 0.15) is 0 Å². The normalized spacial score (nSPS) is 13.2. The average Bonchev–Trinajstić information content (AvgIpc) is 3.00. The van der Waals surface area contributed by atoms with Crippen LogP contribution in [0.2, 0.25) is 0 Å². The number of pyridine rings is 1. The van der Waals surface area contributed by atoms with Crippen LogP contribution in [0, 0.1) is 0 Å². The Kier molecular flexibility index (Phi) is 2.93. The molecule has 1 aliphatic heterocycles. The van der Waals surface area contributed by atoms with Gasteiger partial charge in [0, 0.05) is 24.2 Å². The zero-order chi connectivity index (χ0) is 14.1. The predicted octanol–water partition coefficient (Wildman–Crippen LogP) is 3.19. The van der Waals surface area contributed by atoms with Crippen LogP contribution in [0.1, 0.15) is 0 Å². The fraction of sp³-hybridized carbons (Fsp3) is 0. The standard InChI is InChI=1S/C15H11N5S/c1-2-4-13(5-3-1)19-10-11-21-15-18-17-14(20(15)19)12-6-8-16-9-7-12/h1-11H. The summed E-state index contributed by atoms with van der Waals surface area (Å²) in [5, 5.41) is 13.5. The van der Waals surface area contributed by atoms with Crippen molar-refractivity contribution in [1.82, 2.24) is 19.9 Å². The molecular formula is C15H11N5S. The Morgan fingerprint density at radius 2 is 1.71 bits per heavy atom. The number of aromatic nitrogens is 4. The van der Waals surface area contributed by atoms with Crippen molar-refractivity contribution in [3.05, 3.63) is 66.5 Å². The minimum atomic E-state index is 0.799. The highest BCUT2D eigenvalue weighted by Gasteiger charge is 2.21. The zero-order valence-corrected chi connectivity index (χ0v) is 11.8. The van der Waals surface area contributed by atoms with E-state index in [4.69, 9.17) is 0 Å². The lowest BCUT2D eigenvalue weighted by Crippen LogP contribution is -2.26. The molecule has 4 rings (SSSR count). The first-order valence-electron chi connectivity index (χ1n) is 6.47. The van der Waals surface area contributed by atoms with E-state index in [2.05, 4.69) is 27.3 Å². The van der Waals surface area contributed by atoms with Gasteiger partial charge in [-0.2, -0.15) is 0 Å². The molecule has 6 heteroatoms. The molecular weight excluding hydrogens is 282 g/mol. The number of thioether (sulfide) groups is 1. The third-order valence-corrected chi connectivity index (χ3v) is 3.89. The second-order valence-corrected chi connectivity index (χ2v) is 5.31. The second-order valence-electron chi connectivity index (χ2n) is 4.44. The molecule has 0 N–H and O–H groups in total. The first-order valence-corrected chi connectivity index (χ1v) is 7.35. The number of fused-ring (bicyclic) bond motifs is 1. The largest absolute Gasteiger partial charge is 0.265 e. The van der Waals surface area contributed by atoms with Crippen LogP contribution in [0.15, 0.2) is 71.6 Å². The van der Waals surface area contributed by atoms with Gasteiger partial charge in [-0.25, -0.2) is 4.68 Å². The van der Waals surface area contributed by atoms with E-state index < -0.39 is 0 Å². The number of nitrogens with zero attached hydrogens (tertiary/aromatic N) is 5. The summed E-state index contributed by atoms with van der Waals surface area (Å²) in [7, 11) is 0. The summed E-state index contributed by atoms with van der Waals surface area (Å²) in [4.78, 5) is 4.05. The zero-order valence-electron chi connectivity index (χ0n) is 11.0. The first-order chi connectivity index (χ1) is 10.4. The third kappa shape index (κ3) is 2.09. The van der Waals surface area contributed by atoms with E-state index in [-0.39, 0.29) is 0 Å². The van der Waals surface area contributed by atoms with E-state index in [0.29, 0.717) is 0 Å². The molecule has 0 saturated heterocycles. The van der Waals surface area contributed by atoms with Crippen molar-refractivity contribution in [3.8, 4) is 11.4 Å². The molecule has 0 amide bonds. The fourth-order valence-corrected chi connectivity index (χ4v) is 2.87. The maximum atomic E-state index is 4.33. The van der Waals surface area contributed by atoms with Gasteiger partial charge in [-0.1, -0.05) is 30.0 Å². The molecule has 1 aliphatic rings. The molecule has 0 spiro atoms. The van der Waals surface area contributed by atoms with Gasteiger partial charge in [0.25, 0.3) is 0 Å². The van der Waals surface area contributed by atoms with Gasteiger partial charge in [-0.15, -0.1) is 10.2 Å². The molecule has 0 fully saturated rings. The number of rotatable bonds is 2. The van der Waals surface area contributed by atoms with Crippen LogP contribution < -0.4 is 5.01 Å². The van der Waals surface area contributed by atoms with Crippen molar-refractivity contribution < 1.29 is 0 Å². The molecule has 3 heterocycles. The molecule has 5 nitrogen and oxygen atoms in total. The lowest BCUT2D eigenvalue weighted by atomic mass is 10.2. The highest BCUT2D eigenvalue weighted by atomic mass is 32.2. The van der Waals surface area contributed by atoms with Crippen molar-refractivity contribution in [1.29, 1.82) is 0 Å². The molecule has 2 aromatic heterocycles. The van der Waals surface area contributed by atoms with E-state index >= 15 is 0 Å². The Labute approximate surface area is 125 Å². The number of hydrogen-bond acceptors (Lipinski definition) is 5. The Balaban J connectivity index is 1.87. The highest BCUT2D eigenvalue weighted by molar-refractivity contribution is 8.02. The molecule has 21 heavy (non-hydrogen) atoms. The van der Waals surface area contributed by atoms with Crippen LogP contribution in [0.3, 0.4) is 0 Å². The monoisotopic (exact) mass is 293 g/mol. The molecule has 0 atom stereocenters. The van der Waals surface area contributed by atoms with Gasteiger partial charge >= 0.3 is 0 Å². The highest BCUT2D eigenvalue weighted by Crippen LogP contribution is 2.31. The topological polar surface area (TPSA) is 46.8 Å². The second kappa shape index (κ2) is 5.06. The molecule has 1 aromatic carbocycles. The molecule has 3 aromatic rings. The molecule has 0 bridgehead atoms. The molecule has 0 radical (unpaired) electrons. The van der Waals surface area contributed by atoms with Crippen LogP contribution in [-0.2, 0) is 0 Å². The maximum Gasteiger partial charge on any atom is 0.215 e. The summed E-state index contributed by atoms with van der Waals surface area (Å²) in [6.45, 7) is 0.